The fourth-order valence-corrected chi connectivity index (χ4v) is 2.58. The lowest BCUT2D eigenvalue weighted by Crippen LogP contribution is -2.11. The third-order valence-electron chi connectivity index (χ3n) is 3.42. The van der Waals surface area contributed by atoms with Crippen molar-refractivity contribution in [2.24, 2.45) is 0 Å². The second-order valence-corrected chi connectivity index (χ2v) is 5.90. The summed E-state index contributed by atoms with van der Waals surface area (Å²) in [6, 6.07) is 0.224. The van der Waals surface area contributed by atoms with Crippen LogP contribution in [0, 0.1) is 0 Å². The highest BCUT2D eigenvalue weighted by Gasteiger charge is 2.19. The molecule has 0 saturated heterocycles. The topological polar surface area (TPSA) is 38.1 Å². The lowest BCUT2D eigenvalue weighted by Gasteiger charge is -2.16. The molecule has 110 valence electrons. The third-order valence-corrected chi connectivity index (χ3v) is 3.71. The van der Waals surface area contributed by atoms with Crippen LogP contribution in [0.2, 0.25) is 5.02 Å². The van der Waals surface area contributed by atoms with E-state index in [1.165, 1.54) is 32.1 Å². The SMILES string of the molecule is CCCCCCCCC(O)c1c(Cl)cnn1C(C)C. The van der Waals surface area contributed by atoms with Crippen molar-refractivity contribution in [2.75, 3.05) is 0 Å². The zero-order valence-corrected chi connectivity index (χ0v) is 13.2. The quantitative estimate of drug-likeness (QED) is 0.656. The average Bonchev–Trinajstić information content (AvgIpc) is 2.75. The average molecular weight is 287 g/mol. The van der Waals surface area contributed by atoms with Gasteiger partial charge in [0.05, 0.1) is 23.0 Å². The summed E-state index contributed by atoms with van der Waals surface area (Å²) >= 11 is 6.12. The molecular weight excluding hydrogens is 260 g/mol. The van der Waals surface area contributed by atoms with E-state index in [1.807, 2.05) is 18.5 Å². The van der Waals surface area contributed by atoms with Gasteiger partial charge in [0.15, 0.2) is 0 Å². The number of aliphatic hydroxyl groups excluding tert-OH is 1. The van der Waals surface area contributed by atoms with Crippen LogP contribution in [0.25, 0.3) is 0 Å². The second-order valence-electron chi connectivity index (χ2n) is 5.49. The van der Waals surface area contributed by atoms with Crippen LogP contribution < -0.4 is 0 Å². The predicted octanol–water partition coefficient (Wildman–Crippen LogP) is 4.90. The maximum absolute atomic E-state index is 10.3. The second kappa shape index (κ2) is 8.60. The zero-order valence-electron chi connectivity index (χ0n) is 12.4. The van der Waals surface area contributed by atoms with Crippen molar-refractivity contribution in [2.45, 2.75) is 77.9 Å². The maximum Gasteiger partial charge on any atom is 0.0972 e. The molecule has 0 radical (unpaired) electrons. The van der Waals surface area contributed by atoms with Gasteiger partial charge in [0.25, 0.3) is 0 Å². The molecule has 0 aliphatic carbocycles. The minimum absolute atomic E-state index is 0.224. The molecule has 0 aromatic carbocycles. The van der Waals surface area contributed by atoms with Gasteiger partial charge in [-0.05, 0) is 20.3 Å². The van der Waals surface area contributed by atoms with Crippen molar-refractivity contribution in [1.82, 2.24) is 9.78 Å². The van der Waals surface area contributed by atoms with Gasteiger partial charge in [-0.1, -0.05) is 57.0 Å². The monoisotopic (exact) mass is 286 g/mol. The summed E-state index contributed by atoms with van der Waals surface area (Å²) in [4.78, 5) is 0. The van der Waals surface area contributed by atoms with Crippen molar-refractivity contribution in [3.63, 3.8) is 0 Å². The van der Waals surface area contributed by atoms with Gasteiger partial charge in [-0.15, -0.1) is 0 Å². The van der Waals surface area contributed by atoms with E-state index in [4.69, 9.17) is 11.6 Å². The lowest BCUT2D eigenvalue weighted by molar-refractivity contribution is 0.150. The molecule has 0 fully saturated rings. The van der Waals surface area contributed by atoms with E-state index in [9.17, 15) is 5.11 Å². The number of unbranched alkanes of at least 4 members (excludes halogenated alkanes) is 5. The van der Waals surface area contributed by atoms with E-state index in [1.54, 1.807) is 6.20 Å². The fourth-order valence-electron chi connectivity index (χ4n) is 2.33. The molecule has 0 saturated carbocycles. The molecule has 1 heterocycles. The first-order chi connectivity index (χ1) is 9.07. The molecule has 3 nitrogen and oxygen atoms in total. The number of rotatable bonds is 9. The molecule has 1 N–H and O–H groups in total. The van der Waals surface area contributed by atoms with Crippen LogP contribution in [0.3, 0.4) is 0 Å². The summed E-state index contributed by atoms with van der Waals surface area (Å²) in [6.45, 7) is 6.31. The Kier molecular flexibility index (Phi) is 7.47. The molecule has 1 rings (SSSR count). The minimum atomic E-state index is -0.497. The van der Waals surface area contributed by atoms with E-state index in [-0.39, 0.29) is 6.04 Å². The van der Waals surface area contributed by atoms with Gasteiger partial charge in [0.1, 0.15) is 0 Å². The van der Waals surface area contributed by atoms with Crippen molar-refractivity contribution in [3.8, 4) is 0 Å². The first-order valence-electron chi connectivity index (χ1n) is 7.48. The van der Waals surface area contributed by atoms with E-state index in [0.717, 1.165) is 18.5 Å². The van der Waals surface area contributed by atoms with Crippen molar-refractivity contribution < 1.29 is 5.11 Å². The van der Waals surface area contributed by atoms with Gasteiger partial charge < -0.3 is 5.11 Å². The standard InChI is InChI=1S/C15H27ClN2O/c1-4-5-6-7-8-9-10-14(19)15-13(16)11-17-18(15)12(2)3/h11-12,14,19H,4-10H2,1-3H3. The van der Waals surface area contributed by atoms with Crippen LogP contribution in [-0.2, 0) is 0 Å². The third kappa shape index (κ3) is 5.15. The number of aliphatic hydroxyl groups is 1. The van der Waals surface area contributed by atoms with Crippen molar-refractivity contribution in [3.05, 3.63) is 16.9 Å². The number of aromatic nitrogens is 2. The van der Waals surface area contributed by atoms with Gasteiger partial charge in [0.2, 0.25) is 0 Å². The van der Waals surface area contributed by atoms with Gasteiger partial charge in [-0.25, -0.2) is 0 Å². The minimum Gasteiger partial charge on any atom is -0.387 e. The zero-order chi connectivity index (χ0) is 14.3. The number of nitrogens with zero attached hydrogens (tertiary/aromatic N) is 2. The number of hydrogen-bond acceptors (Lipinski definition) is 2. The molecular formula is C15H27ClN2O. The number of hydrogen-bond donors (Lipinski definition) is 1. The van der Waals surface area contributed by atoms with Gasteiger partial charge in [-0.3, -0.25) is 4.68 Å². The van der Waals surface area contributed by atoms with Gasteiger partial charge >= 0.3 is 0 Å². The first-order valence-corrected chi connectivity index (χ1v) is 7.86. The molecule has 1 aromatic heterocycles. The molecule has 4 heteroatoms. The van der Waals surface area contributed by atoms with E-state index in [2.05, 4.69) is 12.0 Å². The Morgan fingerprint density at radius 3 is 2.47 bits per heavy atom. The molecule has 0 aliphatic rings. The fraction of sp³-hybridized carbons (Fsp3) is 0.800. The Balaban J connectivity index is 2.41. The van der Waals surface area contributed by atoms with Crippen LogP contribution in [0.1, 0.15) is 83.6 Å². The highest BCUT2D eigenvalue weighted by Crippen LogP contribution is 2.28. The summed E-state index contributed by atoms with van der Waals surface area (Å²) in [5.41, 5.74) is 0.769. The maximum atomic E-state index is 10.3. The van der Waals surface area contributed by atoms with E-state index >= 15 is 0 Å². The Hall–Kier alpha value is -0.540. The van der Waals surface area contributed by atoms with Crippen molar-refractivity contribution in [1.29, 1.82) is 0 Å². The molecule has 0 aliphatic heterocycles. The van der Waals surface area contributed by atoms with Gasteiger partial charge in [0, 0.05) is 6.04 Å². The summed E-state index contributed by atoms with van der Waals surface area (Å²) in [5, 5.41) is 15.1. The highest BCUT2D eigenvalue weighted by atomic mass is 35.5. The first kappa shape index (κ1) is 16.5. The molecule has 0 spiro atoms. The summed E-state index contributed by atoms with van der Waals surface area (Å²) < 4.78 is 1.82. The Morgan fingerprint density at radius 2 is 1.84 bits per heavy atom. The molecule has 1 aromatic rings. The van der Waals surface area contributed by atoms with Crippen molar-refractivity contribution >= 4 is 11.6 Å². The summed E-state index contributed by atoms with van der Waals surface area (Å²) in [5.74, 6) is 0. The smallest absolute Gasteiger partial charge is 0.0972 e. The molecule has 1 unspecified atom stereocenters. The van der Waals surface area contributed by atoms with Crippen LogP contribution in [0.5, 0.6) is 0 Å². The van der Waals surface area contributed by atoms with E-state index < -0.39 is 6.10 Å². The van der Waals surface area contributed by atoms with Crippen LogP contribution >= 0.6 is 11.6 Å². The van der Waals surface area contributed by atoms with Crippen LogP contribution in [0.4, 0.5) is 0 Å². The lowest BCUT2D eigenvalue weighted by atomic mass is 10.1. The highest BCUT2D eigenvalue weighted by molar-refractivity contribution is 6.31. The largest absolute Gasteiger partial charge is 0.387 e. The normalized spacial score (nSPS) is 13.2. The summed E-state index contributed by atoms with van der Waals surface area (Å²) in [6.07, 6.45) is 9.28. The molecule has 19 heavy (non-hydrogen) atoms. The molecule has 1 atom stereocenters. The predicted molar refractivity (Wildman–Crippen MR) is 80.6 cm³/mol. The van der Waals surface area contributed by atoms with Crippen LogP contribution in [0.15, 0.2) is 6.20 Å². The van der Waals surface area contributed by atoms with Gasteiger partial charge in [-0.2, -0.15) is 5.10 Å². The Morgan fingerprint density at radius 1 is 1.21 bits per heavy atom. The Bertz CT molecular complexity index is 363. The number of halogens is 1. The summed E-state index contributed by atoms with van der Waals surface area (Å²) in [7, 11) is 0. The van der Waals surface area contributed by atoms with E-state index in [0.29, 0.717) is 5.02 Å². The van der Waals surface area contributed by atoms with Crippen LogP contribution in [-0.4, -0.2) is 14.9 Å². The molecule has 0 amide bonds. The molecule has 0 bridgehead atoms. The Labute approximate surface area is 122 Å².